The van der Waals surface area contributed by atoms with Crippen molar-refractivity contribution in [3.8, 4) is 16.5 Å². The van der Waals surface area contributed by atoms with Crippen molar-refractivity contribution >= 4 is 35.1 Å². The summed E-state index contributed by atoms with van der Waals surface area (Å²) in [5.74, 6) is 1.14. The highest BCUT2D eigenvalue weighted by Gasteiger charge is 2.31. The molecule has 1 aliphatic rings. The largest absolute Gasteiger partial charge is 0.472 e. The van der Waals surface area contributed by atoms with Crippen LogP contribution in [0.5, 0.6) is 5.88 Å². The first-order valence-electron chi connectivity index (χ1n) is 10.8. The van der Waals surface area contributed by atoms with Crippen LogP contribution in [-0.4, -0.2) is 56.8 Å². The average molecular weight is 483 g/mol. The third kappa shape index (κ3) is 6.41. The van der Waals surface area contributed by atoms with Crippen molar-refractivity contribution in [1.82, 2.24) is 19.9 Å². The highest BCUT2D eigenvalue weighted by molar-refractivity contribution is 7.13. The molecule has 0 radical (unpaired) electrons. The summed E-state index contributed by atoms with van der Waals surface area (Å²) in [6.07, 6.45) is 3.50. The standard InChI is InChI=1S/C23H26N6O4S/c1-23(2,3)33-22(31)29-12-9-16(13-29)32-19-6-4-5-17(25-19)27-21(30)28-18-14-34-20(26-18)15-7-10-24-11-8-15/h4-8,10-11,14,16H,9,12-13H2,1-3H3,(H2,25,27,28,30). The van der Waals surface area contributed by atoms with Crippen LogP contribution in [0.15, 0.2) is 48.1 Å². The van der Waals surface area contributed by atoms with Gasteiger partial charge in [0.15, 0.2) is 0 Å². The number of rotatable bonds is 5. The minimum Gasteiger partial charge on any atom is -0.472 e. The van der Waals surface area contributed by atoms with Crippen LogP contribution in [-0.2, 0) is 4.74 Å². The summed E-state index contributed by atoms with van der Waals surface area (Å²) in [6.45, 7) is 6.47. The molecule has 1 aliphatic heterocycles. The molecule has 0 aliphatic carbocycles. The number of anilines is 2. The van der Waals surface area contributed by atoms with E-state index in [1.165, 1.54) is 11.3 Å². The van der Waals surface area contributed by atoms with Crippen molar-refractivity contribution in [2.45, 2.75) is 38.9 Å². The molecule has 11 heteroatoms. The number of hydrogen-bond acceptors (Lipinski definition) is 8. The van der Waals surface area contributed by atoms with E-state index in [1.807, 2.05) is 32.9 Å². The van der Waals surface area contributed by atoms with Gasteiger partial charge in [-0.3, -0.25) is 15.6 Å². The molecule has 3 aromatic rings. The Morgan fingerprint density at radius 3 is 2.62 bits per heavy atom. The SMILES string of the molecule is CC(C)(C)OC(=O)N1CCC(Oc2cccc(NC(=O)Nc3csc(-c4ccncc4)n3)n2)C1. The predicted octanol–water partition coefficient (Wildman–Crippen LogP) is 4.63. The van der Waals surface area contributed by atoms with Crippen molar-refractivity contribution in [2.75, 3.05) is 23.7 Å². The van der Waals surface area contributed by atoms with E-state index < -0.39 is 11.6 Å². The Bertz CT molecular complexity index is 1150. The fraction of sp³-hybridized carbons (Fsp3) is 0.348. The molecular weight excluding hydrogens is 456 g/mol. The molecule has 1 unspecified atom stereocenters. The second-order valence-electron chi connectivity index (χ2n) is 8.67. The van der Waals surface area contributed by atoms with Crippen LogP contribution >= 0.6 is 11.3 Å². The summed E-state index contributed by atoms with van der Waals surface area (Å²) in [4.78, 5) is 39.0. The molecule has 0 aromatic carbocycles. The zero-order chi connectivity index (χ0) is 24.1. The fourth-order valence-electron chi connectivity index (χ4n) is 3.26. The number of nitrogens with zero attached hydrogens (tertiary/aromatic N) is 4. The van der Waals surface area contributed by atoms with Crippen molar-refractivity contribution in [1.29, 1.82) is 0 Å². The van der Waals surface area contributed by atoms with Crippen LogP contribution in [0.4, 0.5) is 21.2 Å². The maximum atomic E-state index is 12.4. The normalized spacial score (nSPS) is 15.6. The minimum atomic E-state index is -0.544. The molecule has 3 amide bonds. The van der Waals surface area contributed by atoms with Crippen molar-refractivity contribution < 1.29 is 19.1 Å². The van der Waals surface area contributed by atoms with Crippen molar-refractivity contribution in [3.05, 3.63) is 48.1 Å². The van der Waals surface area contributed by atoms with Crippen LogP contribution in [0.25, 0.3) is 10.6 Å². The summed E-state index contributed by atoms with van der Waals surface area (Å²) >= 11 is 1.42. The average Bonchev–Trinajstić information content (AvgIpc) is 3.43. The summed E-state index contributed by atoms with van der Waals surface area (Å²) in [5.41, 5.74) is 0.384. The quantitative estimate of drug-likeness (QED) is 0.544. The van der Waals surface area contributed by atoms with Crippen LogP contribution in [0.2, 0.25) is 0 Å². The van der Waals surface area contributed by atoms with E-state index in [4.69, 9.17) is 9.47 Å². The van der Waals surface area contributed by atoms with Gasteiger partial charge in [-0.15, -0.1) is 11.3 Å². The zero-order valence-electron chi connectivity index (χ0n) is 19.1. The summed E-state index contributed by atoms with van der Waals surface area (Å²) in [6, 6.07) is 8.36. The Morgan fingerprint density at radius 1 is 1.09 bits per heavy atom. The van der Waals surface area contributed by atoms with Gasteiger partial charge in [0.05, 0.1) is 6.54 Å². The lowest BCUT2D eigenvalue weighted by Crippen LogP contribution is -2.36. The van der Waals surface area contributed by atoms with Gasteiger partial charge in [0.25, 0.3) is 0 Å². The van der Waals surface area contributed by atoms with E-state index in [0.717, 1.165) is 10.6 Å². The van der Waals surface area contributed by atoms with Gasteiger partial charge in [0, 0.05) is 42.4 Å². The van der Waals surface area contributed by atoms with Gasteiger partial charge < -0.3 is 14.4 Å². The minimum absolute atomic E-state index is 0.203. The fourth-order valence-corrected chi connectivity index (χ4v) is 4.02. The molecule has 4 rings (SSSR count). The maximum Gasteiger partial charge on any atom is 0.410 e. The van der Waals surface area contributed by atoms with Gasteiger partial charge in [0.1, 0.15) is 28.3 Å². The molecule has 178 valence electrons. The number of aromatic nitrogens is 3. The number of carbonyl (C=O) groups is 2. The lowest BCUT2D eigenvalue weighted by molar-refractivity contribution is 0.0275. The molecule has 2 N–H and O–H groups in total. The molecular formula is C23H26N6O4S. The van der Waals surface area contributed by atoms with E-state index in [1.54, 1.807) is 40.9 Å². The first-order chi connectivity index (χ1) is 16.2. The second kappa shape index (κ2) is 10.0. The molecule has 1 atom stereocenters. The van der Waals surface area contributed by atoms with E-state index in [-0.39, 0.29) is 12.2 Å². The monoisotopic (exact) mass is 482 g/mol. The summed E-state index contributed by atoms with van der Waals surface area (Å²) in [5, 5.41) is 7.93. The lowest BCUT2D eigenvalue weighted by Gasteiger charge is -2.24. The highest BCUT2D eigenvalue weighted by atomic mass is 32.1. The molecule has 3 aromatic heterocycles. The number of nitrogens with one attached hydrogen (secondary N) is 2. The van der Waals surface area contributed by atoms with Gasteiger partial charge in [-0.1, -0.05) is 6.07 Å². The molecule has 34 heavy (non-hydrogen) atoms. The van der Waals surface area contributed by atoms with Crippen LogP contribution in [0, 0.1) is 0 Å². The molecule has 1 fully saturated rings. The molecule has 0 bridgehead atoms. The number of thiazole rings is 1. The van der Waals surface area contributed by atoms with Crippen LogP contribution < -0.4 is 15.4 Å². The summed E-state index contributed by atoms with van der Waals surface area (Å²) in [7, 11) is 0. The highest BCUT2D eigenvalue weighted by Crippen LogP contribution is 2.25. The number of hydrogen-bond donors (Lipinski definition) is 2. The molecule has 0 saturated carbocycles. The predicted molar refractivity (Wildman–Crippen MR) is 129 cm³/mol. The number of pyridine rings is 2. The van der Waals surface area contributed by atoms with E-state index in [2.05, 4.69) is 25.6 Å². The second-order valence-corrected chi connectivity index (χ2v) is 9.53. The number of ether oxygens (including phenoxy) is 2. The third-order valence-corrected chi connectivity index (χ3v) is 5.61. The number of amides is 3. The van der Waals surface area contributed by atoms with Gasteiger partial charge in [-0.05, 0) is 39.0 Å². The van der Waals surface area contributed by atoms with Gasteiger partial charge >= 0.3 is 12.1 Å². The Balaban J connectivity index is 1.30. The zero-order valence-corrected chi connectivity index (χ0v) is 20.0. The van der Waals surface area contributed by atoms with Crippen molar-refractivity contribution in [2.24, 2.45) is 0 Å². The lowest BCUT2D eigenvalue weighted by atomic mass is 10.2. The Morgan fingerprint density at radius 2 is 1.85 bits per heavy atom. The Hall–Kier alpha value is -3.73. The molecule has 1 saturated heterocycles. The van der Waals surface area contributed by atoms with E-state index >= 15 is 0 Å². The molecule has 4 heterocycles. The van der Waals surface area contributed by atoms with Crippen LogP contribution in [0.3, 0.4) is 0 Å². The topological polar surface area (TPSA) is 119 Å². The summed E-state index contributed by atoms with van der Waals surface area (Å²) < 4.78 is 11.3. The van der Waals surface area contributed by atoms with Crippen LogP contribution in [0.1, 0.15) is 27.2 Å². The van der Waals surface area contributed by atoms with E-state index in [0.29, 0.717) is 37.0 Å². The first kappa shape index (κ1) is 23.4. The smallest absolute Gasteiger partial charge is 0.410 e. The number of carbonyl (C=O) groups excluding carboxylic acids is 2. The van der Waals surface area contributed by atoms with Gasteiger partial charge in [0.2, 0.25) is 5.88 Å². The third-order valence-electron chi connectivity index (χ3n) is 4.72. The van der Waals surface area contributed by atoms with Crippen molar-refractivity contribution in [3.63, 3.8) is 0 Å². The first-order valence-corrected chi connectivity index (χ1v) is 11.7. The Kier molecular flexibility index (Phi) is 6.92. The number of urea groups is 1. The Labute approximate surface area is 201 Å². The molecule has 0 spiro atoms. The maximum absolute atomic E-state index is 12.4. The van der Waals surface area contributed by atoms with E-state index in [9.17, 15) is 9.59 Å². The number of likely N-dealkylation sites (tertiary alicyclic amines) is 1. The molecule has 10 nitrogen and oxygen atoms in total. The van der Waals surface area contributed by atoms with Gasteiger partial charge in [-0.25, -0.2) is 14.6 Å². The van der Waals surface area contributed by atoms with Gasteiger partial charge in [-0.2, -0.15) is 4.98 Å².